The largest absolute Gasteiger partial charge is 0.495 e. The van der Waals surface area contributed by atoms with Crippen LogP contribution in [0.25, 0.3) is 0 Å². The van der Waals surface area contributed by atoms with Gasteiger partial charge in [-0.15, -0.1) is 0 Å². The van der Waals surface area contributed by atoms with Gasteiger partial charge in [-0.05, 0) is 37.3 Å². The minimum Gasteiger partial charge on any atom is -0.495 e. The lowest BCUT2D eigenvalue weighted by atomic mass is 9.97. The third kappa shape index (κ3) is 4.38. The number of nitrogens with one attached hydrogen (secondary N) is 2. The van der Waals surface area contributed by atoms with Crippen molar-refractivity contribution in [3.05, 3.63) is 22.7 Å². The van der Waals surface area contributed by atoms with E-state index >= 15 is 0 Å². The fourth-order valence-electron chi connectivity index (χ4n) is 3.05. The summed E-state index contributed by atoms with van der Waals surface area (Å²) in [6, 6.07) is 2.93. The molecule has 1 aromatic rings. The Kier molecular flexibility index (Phi) is 5.88. The lowest BCUT2D eigenvalue weighted by Crippen LogP contribution is -2.47. The van der Waals surface area contributed by atoms with Crippen molar-refractivity contribution in [2.75, 3.05) is 12.4 Å². The lowest BCUT2D eigenvalue weighted by Gasteiger charge is -2.24. The van der Waals surface area contributed by atoms with Gasteiger partial charge in [0.05, 0.1) is 12.8 Å². The second kappa shape index (κ2) is 7.68. The average molecular weight is 339 g/mol. The highest BCUT2D eigenvalue weighted by Gasteiger charge is 2.31. The molecule has 2 rings (SSSR count). The van der Waals surface area contributed by atoms with Crippen LogP contribution in [-0.2, 0) is 9.59 Å². The summed E-state index contributed by atoms with van der Waals surface area (Å²) in [5.74, 6) is 0.267. The Morgan fingerprint density at radius 1 is 1.30 bits per heavy atom. The number of carbonyl (C=O) groups is 2. The standard InChI is InChI=1S/C17H23ClN2O3/c1-10-8-14(15(23-3)9-13(10)18)20-17(22)16(19-11(2)21)12-6-4-5-7-12/h8-9,12,16H,4-7H2,1-3H3,(H,19,21)(H,20,22). The van der Waals surface area contributed by atoms with Gasteiger partial charge in [0.25, 0.3) is 0 Å². The Labute approximate surface area is 141 Å². The van der Waals surface area contributed by atoms with Gasteiger partial charge >= 0.3 is 0 Å². The Balaban J connectivity index is 2.20. The summed E-state index contributed by atoms with van der Waals surface area (Å²) in [5, 5.41) is 6.24. The maximum atomic E-state index is 12.7. The Morgan fingerprint density at radius 2 is 1.96 bits per heavy atom. The van der Waals surface area contributed by atoms with Crippen molar-refractivity contribution >= 4 is 29.1 Å². The zero-order valence-corrected chi connectivity index (χ0v) is 14.5. The van der Waals surface area contributed by atoms with Crippen LogP contribution in [0.3, 0.4) is 0 Å². The summed E-state index contributed by atoms with van der Waals surface area (Å²) >= 11 is 6.09. The monoisotopic (exact) mass is 338 g/mol. The molecule has 0 heterocycles. The number of ether oxygens (including phenoxy) is 1. The number of benzene rings is 1. The molecule has 1 atom stereocenters. The molecule has 0 saturated heterocycles. The second-order valence-corrected chi connectivity index (χ2v) is 6.42. The fraction of sp³-hybridized carbons (Fsp3) is 0.529. The van der Waals surface area contributed by atoms with E-state index in [2.05, 4.69) is 10.6 Å². The Bertz CT molecular complexity index is 598. The maximum absolute atomic E-state index is 12.7. The van der Waals surface area contributed by atoms with Crippen LogP contribution in [0.2, 0.25) is 5.02 Å². The molecule has 1 saturated carbocycles. The van der Waals surface area contributed by atoms with Crippen LogP contribution in [0.4, 0.5) is 5.69 Å². The average Bonchev–Trinajstić information content (AvgIpc) is 3.02. The van der Waals surface area contributed by atoms with Crippen LogP contribution in [-0.4, -0.2) is 25.0 Å². The number of hydrogen-bond acceptors (Lipinski definition) is 3. The Morgan fingerprint density at radius 3 is 2.52 bits per heavy atom. The molecule has 126 valence electrons. The van der Waals surface area contributed by atoms with E-state index < -0.39 is 6.04 Å². The van der Waals surface area contributed by atoms with E-state index in [1.54, 1.807) is 12.1 Å². The van der Waals surface area contributed by atoms with Crippen LogP contribution in [0.1, 0.15) is 38.2 Å². The van der Waals surface area contributed by atoms with Crippen molar-refractivity contribution in [2.45, 2.75) is 45.6 Å². The van der Waals surface area contributed by atoms with E-state index in [-0.39, 0.29) is 17.7 Å². The predicted octanol–water partition coefficient (Wildman–Crippen LogP) is 3.29. The molecule has 0 radical (unpaired) electrons. The Hall–Kier alpha value is -1.75. The summed E-state index contributed by atoms with van der Waals surface area (Å²) in [5.41, 5.74) is 1.41. The summed E-state index contributed by atoms with van der Waals surface area (Å²) in [6.07, 6.45) is 4.10. The van der Waals surface area contributed by atoms with Crippen molar-refractivity contribution in [2.24, 2.45) is 5.92 Å². The molecule has 1 fully saturated rings. The molecule has 23 heavy (non-hydrogen) atoms. The van der Waals surface area contributed by atoms with Crippen molar-refractivity contribution < 1.29 is 14.3 Å². The number of rotatable bonds is 5. The van der Waals surface area contributed by atoms with Crippen molar-refractivity contribution in [1.29, 1.82) is 0 Å². The van der Waals surface area contributed by atoms with Gasteiger partial charge in [-0.2, -0.15) is 0 Å². The van der Waals surface area contributed by atoms with Gasteiger partial charge < -0.3 is 15.4 Å². The van der Waals surface area contributed by atoms with Gasteiger partial charge in [0, 0.05) is 18.0 Å². The van der Waals surface area contributed by atoms with E-state index in [0.29, 0.717) is 16.5 Å². The van der Waals surface area contributed by atoms with Crippen LogP contribution < -0.4 is 15.4 Å². The summed E-state index contributed by atoms with van der Waals surface area (Å²) in [6.45, 7) is 3.29. The first-order valence-corrected chi connectivity index (χ1v) is 8.22. The molecule has 5 nitrogen and oxygen atoms in total. The number of aryl methyl sites for hydroxylation is 1. The van der Waals surface area contributed by atoms with Gasteiger partial charge in [-0.3, -0.25) is 9.59 Å². The van der Waals surface area contributed by atoms with E-state index in [0.717, 1.165) is 31.2 Å². The molecule has 0 aliphatic heterocycles. The highest BCUT2D eigenvalue weighted by Crippen LogP contribution is 2.32. The molecule has 1 unspecified atom stereocenters. The zero-order valence-electron chi connectivity index (χ0n) is 13.7. The molecule has 1 aliphatic rings. The third-order valence-corrected chi connectivity index (χ3v) is 4.66. The smallest absolute Gasteiger partial charge is 0.247 e. The van der Waals surface area contributed by atoms with Crippen molar-refractivity contribution in [3.8, 4) is 5.75 Å². The van der Waals surface area contributed by atoms with Gasteiger partial charge in [0.1, 0.15) is 11.8 Å². The lowest BCUT2D eigenvalue weighted by molar-refractivity contribution is -0.126. The highest BCUT2D eigenvalue weighted by atomic mass is 35.5. The normalized spacial score (nSPS) is 16.0. The van der Waals surface area contributed by atoms with Crippen molar-refractivity contribution in [3.63, 3.8) is 0 Å². The molecule has 6 heteroatoms. The number of amides is 2. The van der Waals surface area contributed by atoms with Crippen LogP contribution in [0.5, 0.6) is 5.75 Å². The molecule has 0 bridgehead atoms. The number of methoxy groups -OCH3 is 1. The molecule has 2 amide bonds. The SMILES string of the molecule is COc1cc(Cl)c(C)cc1NC(=O)C(NC(C)=O)C1CCCC1. The topological polar surface area (TPSA) is 67.4 Å². The minimum atomic E-state index is -0.518. The van der Waals surface area contributed by atoms with E-state index in [1.807, 2.05) is 6.92 Å². The molecular weight excluding hydrogens is 316 g/mol. The molecule has 2 N–H and O–H groups in total. The number of halogens is 1. The second-order valence-electron chi connectivity index (χ2n) is 6.01. The third-order valence-electron chi connectivity index (χ3n) is 4.25. The predicted molar refractivity (Wildman–Crippen MR) is 90.9 cm³/mol. The molecular formula is C17H23ClN2O3. The minimum absolute atomic E-state index is 0.179. The number of anilines is 1. The summed E-state index contributed by atoms with van der Waals surface area (Å²) < 4.78 is 5.28. The highest BCUT2D eigenvalue weighted by molar-refractivity contribution is 6.31. The molecule has 1 aliphatic carbocycles. The zero-order chi connectivity index (χ0) is 17.0. The molecule has 0 spiro atoms. The first kappa shape index (κ1) is 17.6. The first-order chi connectivity index (χ1) is 10.9. The maximum Gasteiger partial charge on any atom is 0.247 e. The van der Waals surface area contributed by atoms with Crippen molar-refractivity contribution in [1.82, 2.24) is 5.32 Å². The van der Waals surface area contributed by atoms with E-state index in [1.165, 1.54) is 14.0 Å². The van der Waals surface area contributed by atoms with Gasteiger partial charge in [0.15, 0.2) is 0 Å². The number of carbonyl (C=O) groups excluding carboxylic acids is 2. The van der Waals surface area contributed by atoms with Gasteiger partial charge in [0.2, 0.25) is 11.8 Å². The quantitative estimate of drug-likeness (QED) is 0.865. The summed E-state index contributed by atoms with van der Waals surface area (Å²) in [7, 11) is 1.53. The van der Waals surface area contributed by atoms with Gasteiger partial charge in [-0.25, -0.2) is 0 Å². The van der Waals surface area contributed by atoms with E-state index in [4.69, 9.17) is 16.3 Å². The number of hydrogen-bond donors (Lipinski definition) is 2. The first-order valence-electron chi connectivity index (χ1n) is 7.84. The molecule has 1 aromatic carbocycles. The molecule has 0 aromatic heterocycles. The van der Waals surface area contributed by atoms with Crippen LogP contribution in [0.15, 0.2) is 12.1 Å². The van der Waals surface area contributed by atoms with E-state index in [9.17, 15) is 9.59 Å². The summed E-state index contributed by atoms with van der Waals surface area (Å²) in [4.78, 5) is 24.1. The van der Waals surface area contributed by atoms with Crippen LogP contribution in [0, 0.1) is 12.8 Å². The fourth-order valence-corrected chi connectivity index (χ4v) is 3.20. The van der Waals surface area contributed by atoms with Gasteiger partial charge in [-0.1, -0.05) is 24.4 Å². The van der Waals surface area contributed by atoms with Crippen LogP contribution >= 0.6 is 11.6 Å².